The summed E-state index contributed by atoms with van der Waals surface area (Å²) in [6.45, 7) is 0.176. The third-order valence-electron chi connectivity index (χ3n) is 5.58. The first-order valence-electron chi connectivity index (χ1n) is 10.8. The van der Waals surface area contributed by atoms with Gasteiger partial charge in [0.1, 0.15) is 5.37 Å². The van der Waals surface area contributed by atoms with Crippen LogP contribution in [0.25, 0.3) is 11.1 Å². The molecule has 1 fully saturated rings. The second-order valence-electron chi connectivity index (χ2n) is 7.71. The monoisotopic (exact) mass is 482 g/mol. The predicted octanol–water partition coefficient (Wildman–Crippen LogP) is 3.66. The van der Waals surface area contributed by atoms with Gasteiger partial charge < -0.3 is 10.4 Å². The lowest BCUT2D eigenvalue weighted by Crippen LogP contribution is -2.45. The maximum Gasteiger partial charge on any atom is 0.249 e. The first kappa shape index (κ1) is 23.5. The van der Waals surface area contributed by atoms with Gasteiger partial charge in [-0.25, -0.2) is 8.42 Å². The van der Waals surface area contributed by atoms with Crippen molar-refractivity contribution in [1.82, 2.24) is 9.62 Å². The van der Waals surface area contributed by atoms with Crippen LogP contribution in [0.3, 0.4) is 0 Å². The smallest absolute Gasteiger partial charge is 0.249 e. The molecule has 2 atom stereocenters. The Labute approximate surface area is 198 Å². The van der Waals surface area contributed by atoms with E-state index in [1.165, 1.54) is 16.1 Å². The summed E-state index contributed by atoms with van der Waals surface area (Å²) in [5.41, 5.74) is 2.80. The summed E-state index contributed by atoms with van der Waals surface area (Å²) in [7, 11) is -3.84. The maximum absolute atomic E-state index is 13.4. The van der Waals surface area contributed by atoms with E-state index in [0.717, 1.165) is 16.7 Å². The standard InChI is InChI=1S/C25H26N2O4S2/c28-17-15-23(21-9-5-2-6-10-21)26-24(29)25-27(16-18-32-25)33(30,31)22-13-11-20(12-14-22)19-7-3-1-4-8-19/h1-14,23,25,28H,15-18H2,(H,26,29)/t23-,25+/m0/s1. The third kappa shape index (κ3) is 5.30. The van der Waals surface area contributed by atoms with Crippen molar-refractivity contribution in [2.75, 3.05) is 18.9 Å². The van der Waals surface area contributed by atoms with Gasteiger partial charge in [0.15, 0.2) is 0 Å². The molecule has 3 aromatic rings. The van der Waals surface area contributed by atoms with Crippen molar-refractivity contribution in [2.24, 2.45) is 0 Å². The van der Waals surface area contributed by atoms with Crippen molar-refractivity contribution < 1.29 is 18.3 Å². The Morgan fingerprint density at radius 1 is 0.970 bits per heavy atom. The second-order valence-corrected chi connectivity index (χ2v) is 10.8. The zero-order chi connectivity index (χ0) is 23.3. The molecular weight excluding hydrogens is 456 g/mol. The Hall–Kier alpha value is -2.65. The molecule has 172 valence electrons. The van der Waals surface area contributed by atoms with Crippen LogP contribution in [-0.4, -0.2) is 48.0 Å². The van der Waals surface area contributed by atoms with Gasteiger partial charge in [-0.15, -0.1) is 11.8 Å². The van der Waals surface area contributed by atoms with Gasteiger partial charge in [0.05, 0.1) is 10.9 Å². The first-order valence-corrected chi connectivity index (χ1v) is 13.2. The van der Waals surface area contributed by atoms with Gasteiger partial charge in [0, 0.05) is 18.9 Å². The van der Waals surface area contributed by atoms with Gasteiger partial charge in [-0.05, 0) is 35.2 Å². The van der Waals surface area contributed by atoms with Gasteiger partial charge >= 0.3 is 0 Å². The molecule has 1 saturated heterocycles. The lowest BCUT2D eigenvalue weighted by molar-refractivity contribution is -0.123. The molecule has 0 bridgehead atoms. The summed E-state index contributed by atoms with van der Waals surface area (Å²) in [6, 6.07) is 25.5. The average molecular weight is 483 g/mol. The van der Waals surface area contributed by atoms with Gasteiger partial charge in [0.25, 0.3) is 0 Å². The SMILES string of the molecule is O=C(N[C@@H](CCO)c1ccccc1)[C@H]1SCCN1S(=O)(=O)c1ccc(-c2ccccc2)cc1. The molecule has 1 heterocycles. The van der Waals surface area contributed by atoms with Crippen LogP contribution >= 0.6 is 11.8 Å². The Balaban J connectivity index is 1.52. The molecule has 33 heavy (non-hydrogen) atoms. The molecule has 0 saturated carbocycles. The highest BCUT2D eigenvalue weighted by Gasteiger charge is 2.40. The zero-order valence-electron chi connectivity index (χ0n) is 18.0. The number of sulfonamides is 1. The molecule has 1 aliphatic rings. The van der Waals surface area contributed by atoms with Gasteiger partial charge in [0.2, 0.25) is 15.9 Å². The molecule has 2 N–H and O–H groups in total. The number of rotatable bonds is 8. The first-order chi connectivity index (χ1) is 16.0. The van der Waals surface area contributed by atoms with Crippen LogP contribution in [0.15, 0.2) is 89.8 Å². The fraction of sp³-hybridized carbons (Fsp3) is 0.240. The summed E-state index contributed by atoms with van der Waals surface area (Å²) in [6.07, 6.45) is 0.348. The highest BCUT2D eigenvalue weighted by Crippen LogP contribution is 2.32. The highest BCUT2D eigenvalue weighted by molar-refractivity contribution is 8.02. The Kier molecular flexibility index (Phi) is 7.49. The Morgan fingerprint density at radius 3 is 2.21 bits per heavy atom. The van der Waals surface area contributed by atoms with Crippen LogP contribution in [-0.2, 0) is 14.8 Å². The van der Waals surface area contributed by atoms with E-state index in [1.807, 2.05) is 60.7 Å². The summed E-state index contributed by atoms with van der Waals surface area (Å²) in [4.78, 5) is 13.3. The lowest BCUT2D eigenvalue weighted by Gasteiger charge is -2.25. The van der Waals surface area contributed by atoms with Crippen molar-refractivity contribution in [2.45, 2.75) is 22.7 Å². The largest absolute Gasteiger partial charge is 0.396 e. The van der Waals surface area contributed by atoms with E-state index < -0.39 is 15.4 Å². The molecule has 6 nitrogen and oxygen atoms in total. The van der Waals surface area contributed by atoms with Crippen molar-refractivity contribution in [1.29, 1.82) is 0 Å². The number of nitrogens with one attached hydrogen (secondary N) is 1. The molecule has 1 aliphatic heterocycles. The maximum atomic E-state index is 13.4. The zero-order valence-corrected chi connectivity index (χ0v) is 19.6. The van der Waals surface area contributed by atoms with Crippen LogP contribution in [0.5, 0.6) is 0 Å². The number of carbonyl (C=O) groups excluding carboxylic acids is 1. The fourth-order valence-electron chi connectivity index (χ4n) is 3.87. The second kappa shape index (κ2) is 10.5. The van der Waals surface area contributed by atoms with Crippen molar-refractivity contribution in [3.05, 3.63) is 90.5 Å². The minimum absolute atomic E-state index is 0.0899. The van der Waals surface area contributed by atoms with Crippen molar-refractivity contribution in [3.63, 3.8) is 0 Å². The number of hydrogen-bond acceptors (Lipinski definition) is 5. The molecule has 8 heteroatoms. The lowest BCUT2D eigenvalue weighted by atomic mass is 10.0. The van der Waals surface area contributed by atoms with E-state index in [4.69, 9.17) is 0 Å². The summed E-state index contributed by atoms with van der Waals surface area (Å²) in [5, 5.41) is 11.5. The molecule has 0 spiro atoms. The molecule has 0 unspecified atom stereocenters. The van der Waals surface area contributed by atoms with Crippen molar-refractivity contribution >= 4 is 27.7 Å². The van der Waals surface area contributed by atoms with E-state index in [-0.39, 0.29) is 30.0 Å². The normalized spacial score (nSPS) is 17.5. The number of amides is 1. The molecular formula is C25H26N2O4S2. The average Bonchev–Trinajstić information content (AvgIpc) is 3.36. The van der Waals surface area contributed by atoms with E-state index in [2.05, 4.69) is 5.32 Å². The van der Waals surface area contributed by atoms with Crippen LogP contribution in [0, 0.1) is 0 Å². The third-order valence-corrected chi connectivity index (χ3v) is 8.79. The van der Waals surface area contributed by atoms with Crippen molar-refractivity contribution in [3.8, 4) is 11.1 Å². The van der Waals surface area contributed by atoms with Crippen LogP contribution in [0.4, 0.5) is 0 Å². The molecule has 0 aromatic heterocycles. The van der Waals surface area contributed by atoms with Crippen LogP contribution in [0.2, 0.25) is 0 Å². The van der Waals surface area contributed by atoms with E-state index in [1.54, 1.807) is 24.3 Å². The highest BCUT2D eigenvalue weighted by atomic mass is 32.2. The number of aliphatic hydroxyl groups excluding tert-OH is 1. The number of thioether (sulfide) groups is 1. The molecule has 1 amide bonds. The van der Waals surface area contributed by atoms with E-state index in [9.17, 15) is 18.3 Å². The minimum Gasteiger partial charge on any atom is -0.396 e. The van der Waals surface area contributed by atoms with Crippen LogP contribution in [0.1, 0.15) is 18.0 Å². The molecule has 0 aliphatic carbocycles. The fourth-order valence-corrected chi connectivity index (χ4v) is 6.96. The van der Waals surface area contributed by atoms with E-state index in [0.29, 0.717) is 12.2 Å². The number of nitrogens with zero attached hydrogens (tertiary/aromatic N) is 1. The summed E-state index contributed by atoms with van der Waals surface area (Å²) < 4.78 is 28.0. The van der Waals surface area contributed by atoms with Gasteiger partial charge in [-0.1, -0.05) is 72.8 Å². The predicted molar refractivity (Wildman–Crippen MR) is 131 cm³/mol. The quantitative estimate of drug-likeness (QED) is 0.512. The summed E-state index contributed by atoms with van der Waals surface area (Å²) in [5.74, 6) is 0.166. The number of aliphatic hydroxyl groups is 1. The van der Waals surface area contributed by atoms with Crippen LogP contribution < -0.4 is 5.32 Å². The Bertz CT molecular complexity index is 1170. The molecule has 3 aromatic carbocycles. The molecule has 4 rings (SSSR count). The number of hydrogen-bond donors (Lipinski definition) is 2. The number of benzene rings is 3. The van der Waals surface area contributed by atoms with Gasteiger partial charge in [-0.2, -0.15) is 4.31 Å². The topological polar surface area (TPSA) is 86.7 Å². The minimum atomic E-state index is -3.84. The molecule has 0 radical (unpaired) electrons. The summed E-state index contributed by atoms with van der Waals surface area (Å²) >= 11 is 1.31. The number of carbonyl (C=O) groups is 1. The Morgan fingerprint density at radius 2 is 1.58 bits per heavy atom. The van der Waals surface area contributed by atoms with Gasteiger partial charge in [-0.3, -0.25) is 4.79 Å². The van der Waals surface area contributed by atoms with E-state index >= 15 is 0 Å².